The molecule has 0 aliphatic carbocycles. The van der Waals surface area contributed by atoms with Gasteiger partial charge in [0.2, 0.25) is 0 Å². The van der Waals surface area contributed by atoms with E-state index in [0.29, 0.717) is 15.6 Å². The van der Waals surface area contributed by atoms with Gasteiger partial charge < -0.3 is 0 Å². The first-order valence-corrected chi connectivity index (χ1v) is 4.48. The fraction of sp³-hybridized carbons (Fsp3) is 0.143. The average molecular weight is 230 g/mol. The first-order valence-electron chi connectivity index (χ1n) is 2.85. The van der Waals surface area contributed by atoms with E-state index in [4.69, 9.17) is 46.4 Å². The summed E-state index contributed by atoms with van der Waals surface area (Å²) in [5, 5.41) is 0.889. The Balaban J connectivity index is 3.17. The standard InChI is InChI=1S/C7H4Cl4/c8-5-3-1-2-4(6(5)9)7(10)11/h1-3,7H. The van der Waals surface area contributed by atoms with Crippen LogP contribution in [-0.4, -0.2) is 0 Å². The Hall–Kier alpha value is 0.380. The summed E-state index contributed by atoms with van der Waals surface area (Å²) in [5.41, 5.74) is 0.641. The van der Waals surface area contributed by atoms with Crippen LogP contribution in [-0.2, 0) is 0 Å². The lowest BCUT2D eigenvalue weighted by atomic mass is 10.2. The molecule has 0 fully saturated rings. The van der Waals surface area contributed by atoms with Gasteiger partial charge >= 0.3 is 0 Å². The molecular formula is C7H4Cl4. The average Bonchev–Trinajstić information content (AvgIpc) is 1.94. The molecule has 0 aliphatic rings. The van der Waals surface area contributed by atoms with Gasteiger partial charge in [-0.3, -0.25) is 0 Å². The summed E-state index contributed by atoms with van der Waals surface area (Å²) < 4.78 is 0. The Morgan fingerprint density at radius 2 is 1.73 bits per heavy atom. The zero-order chi connectivity index (χ0) is 8.43. The molecule has 0 atom stereocenters. The van der Waals surface area contributed by atoms with Gasteiger partial charge in [0, 0.05) is 5.56 Å². The van der Waals surface area contributed by atoms with Crippen molar-refractivity contribution in [3.63, 3.8) is 0 Å². The van der Waals surface area contributed by atoms with Crippen LogP contribution in [0, 0.1) is 0 Å². The van der Waals surface area contributed by atoms with Gasteiger partial charge in [-0.15, -0.1) is 23.2 Å². The maximum absolute atomic E-state index is 5.79. The van der Waals surface area contributed by atoms with Gasteiger partial charge in [-0.1, -0.05) is 35.3 Å². The summed E-state index contributed by atoms with van der Waals surface area (Å²) in [7, 11) is 0. The molecule has 0 amide bonds. The molecule has 0 N–H and O–H groups in total. The second-order valence-corrected chi connectivity index (χ2v) is 3.83. The quantitative estimate of drug-likeness (QED) is 0.624. The molecule has 0 heterocycles. The molecule has 1 aromatic rings. The van der Waals surface area contributed by atoms with E-state index in [1.54, 1.807) is 18.2 Å². The summed E-state index contributed by atoms with van der Waals surface area (Å²) in [6.45, 7) is 0. The number of hydrogen-bond donors (Lipinski definition) is 0. The molecule has 0 saturated heterocycles. The molecular weight excluding hydrogens is 226 g/mol. The fourth-order valence-electron chi connectivity index (χ4n) is 0.689. The smallest absolute Gasteiger partial charge is 0.100 e. The van der Waals surface area contributed by atoms with Crippen molar-refractivity contribution in [1.29, 1.82) is 0 Å². The third-order valence-electron chi connectivity index (χ3n) is 1.22. The van der Waals surface area contributed by atoms with Crippen molar-refractivity contribution < 1.29 is 0 Å². The summed E-state index contributed by atoms with van der Waals surface area (Å²) in [5.74, 6) is 0. The fourth-order valence-corrected chi connectivity index (χ4v) is 1.58. The lowest BCUT2D eigenvalue weighted by Crippen LogP contribution is -1.83. The van der Waals surface area contributed by atoms with E-state index in [9.17, 15) is 0 Å². The van der Waals surface area contributed by atoms with Crippen molar-refractivity contribution in [2.45, 2.75) is 4.84 Å². The lowest BCUT2D eigenvalue weighted by molar-refractivity contribution is 1.35. The van der Waals surface area contributed by atoms with Crippen LogP contribution >= 0.6 is 46.4 Å². The molecule has 0 bridgehead atoms. The largest absolute Gasteiger partial charge is 0.134 e. The van der Waals surface area contributed by atoms with Crippen molar-refractivity contribution in [2.24, 2.45) is 0 Å². The number of alkyl halides is 2. The van der Waals surface area contributed by atoms with E-state index in [1.807, 2.05) is 0 Å². The van der Waals surface area contributed by atoms with E-state index in [-0.39, 0.29) is 0 Å². The van der Waals surface area contributed by atoms with Gasteiger partial charge in [0.05, 0.1) is 10.0 Å². The zero-order valence-electron chi connectivity index (χ0n) is 5.32. The van der Waals surface area contributed by atoms with Crippen LogP contribution in [0.4, 0.5) is 0 Å². The molecule has 0 aliphatic heterocycles. The molecule has 0 saturated carbocycles. The molecule has 0 radical (unpaired) electrons. The third-order valence-corrected chi connectivity index (χ3v) is 2.52. The van der Waals surface area contributed by atoms with Crippen molar-refractivity contribution in [1.82, 2.24) is 0 Å². The van der Waals surface area contributed by atoms with Crippen LogP contribution in [0.15, 0.2) is 18.2 Å². The minimum atomic E-state index is -0.624. The topological polar surface area (TPSA) is 0 Å². The zero-order valence-corrected chi connectivity index (χ0v) is 8.34. The van der Waals surface area contributed by atoms with Gasteiger partial charge in [-0.2, -0.15) is 0 Å². The highest BCUT2D eigenvalue weighted by atomic mass is 35.5. The van der Waals surface area contributed by atoms with Gasteiger partial charge in [0.25, 0.3) is 0 Å². The monoisotopic (exact) mass is 228 g/mol. The minimum absolute atomic E-state index is 0.421. The van der Waals surface area contributed by atoms with Gasteiger partial charge in [-0.05, 0) is 6.07 Å². The van der Waals surface area contributed by atoms with E-state index < -0.39 is 4.84 Å². The molecule has 0 spiro atoms. The van der Waals surface area contributed by atoms with E-state index in [1.165, 1.54) is 0 Å². The lowest BCUT2D eigenvalue weighted by Gasteiger charge is -2.04. The number of rotatable bonds is 1. The van der Waals surface area contributed by atoms with Crippen LogP contribution < -0.4 is 0 Å². The van der Waals surface area contributed by atoms with Gasteiger partial charge in [0.1, 0.15) is 4.84 Å². The van der Waals surface area contributed by atoms with Gasteiger partial charge in [-0.25, -0.2) is 0 Å². The predicted molar refractivity (Wildman–Crippen MR) is 50.9 cm³/mol. The van der Waals surface area contributed by atoms with E-state index in [0.717, 1.165) is 0 Å². The highest BCUT2D eigenvalue weighted by molar-refractivity contribution is 6.47. The Labute approximate surface area is 85.0 Å². The Bertz CT molecular complexity index is 257. The van der Waals surface area contributed by atoms with Crippen molar-refractivity contribution in [2.75, 3.05) is 0 Å². The molecule has 0 nitrogen and oxygen atoms in total. The van der Waals surface area contributed by atoms with Crippen LogP contribution in [0.3, 0.4) is 0 Å². The molecule has 1 rings (SSSR count). The maximum atomic E-state index is 5.79. The summed E-state index contributed by atoms with van der Waals surface area (Å²) in [4.78, 5) is -0.624. The first kappa shape index (κ1) is 9.47. The molecule has 11 heavy (non-hydrogen) atoms. The molecule has 0 aromatic heterocycles. The van der Waals surface area contributed by atoms with Crippen LogP contribution in [0.25, 0.3) is 0 Å². The maximum Gasteiger partial charge on any atom is 0.134 e. The Kier molecular flexibility index (Phi) is 3.32. The third kappa shape index (κ3) is 2.16. The molecule has 1 aromatic carbocycles. The van der Waals surface area contributed by atoms with Crippen molar-refractivity contribution in [3.05, 3.63) is 33.8 Å². The Morgan fingerprint density at radius 1 is 1.09 bits per heavy atom. The number of halogens is 4. The molecule has 60 valence electrons. The highest BCUT2D eigenvalue weighted by Gasteiger charge is 2.09. The predicted octanol–water partition coefficient (Wildman–Crippen LogP) is 4.47. The van der Waals surface area contributed by atoms with Crippen molar-refractivity contribution >= 4 is 46.4 Å². The van der Waals surface area contributed by atoms with Crippen LogP contribution in [0.2, 0.25) is 10.0 Å². The second-order valence-electron chi connectivity index (χ2n) is 1.94. The summed E-state index contributed by atoms with van der Waals surface area (Å²) >= 11 is 22.7. The molecule has 0 unspecified atom stereocenters. The first-order chi connectivity index (χ1) is 5.13. The van der Waals surface area contributed by atoms with E-state index in [2.05, 4.69) is 0 Å². The number of hydrogen-bond acceptors (Lipinski definition) is 0. The summed E-state index contributed by atoms with van der Waals surface area (Å²) in [6.07, 6.45) is 0. The normalized spacial score (nSPS) is 10.6. The second kappa shape index (κ2) is 3.86. The minimum Gasteiger partial charge on any atom is -0.100 e. The van der Waals surface area contributed by atoms with Crippen molar-refractivity contribution in [3.8, 4) is 0 Å². The van der Waals surface area contributed by atoms with E-state index >= 15 is 0 Å². The molecule has 4 heteroatoms. The highest BCUT2D eigenvalue weighted by Crippen LogP contribution is 2.34. The van der Waals surface area contributed by atoms with Crippen LogP contribution in [0.5, 0.6) is 0 Å². The van der Waals surface area contributed by atoms with Gasteiger partial charge in [0.15, 0.2) is 0 Å². The van der Waals surface area contributed by atoms with Crippen LogP contribution in [0.1, 0.15) is 10.4 Å². The SMILES string of the molecule is Clc1cccc(C(Cl)Cl)c1Cl. The Morgan fingerprint density at radius 3 is 2.18 bits per heavy atom. The summed E-state index contributed by atoms with van der Waals surface area (Å²) in [6, 6.07) is 5.17. The number of benzene rings is 1.